The van der Waals surface area contributed by atoms with Gasteiger partial charge >= 0.3 is 5.97 Å². The van der Waals surface area contributed by atoms with Crippen molar-refractivity contribution >= 4 is 25.8 Å². The van der Waals surface area contributed by atoms with Crippen LogP contribution in [0.2, 0.25) is 0 Å². The van der Waals surface area contributed by atoms with Crippen molar-refractivity contribution in [2.45, 2.75) is 38.9 Å². The molecule has 0 N–H and O–H groups in total. The van der Waals surface area contributed by atoms with Gasteiger partial charge in [0.1, 0.15) is 20.0 Å². The molecule has 0 heterocycles. The lowest BCUT2D eigenvalue weighted by molar-refractivity contribution is -0.154. The molecule has 1 aliphatic rings. The average molecular weight is 271 g/mol. The zero-order chi connectivity index (χ0) is 15.1. The number of esters is 1. The molecule has 0 fully saturated rings. The number of ether oxygens (including phenoxy) is 1. The second kappa shape index (κ2) is 7.69. The van der Waals surface area contributed by atoms with Crippen molar-refractivity contribution in [1.82, 2.24) is 0 Å². The Balaban J connectivity index is 2.74. The Hall–Kier alpha value is -0.675. The van der Waals surface area contributed by atoms with Crippen LogP contribution in [0, 0.1) is 5.92 Å². The summed E-state index contributed by atoms with van der Waals surface area (Å²) in [5, 5.41) is 0. The third-order valence-corrected chi connectivity index (χ3v) is 3.33. The molecule has 0 aromatic rings. The average Bonchev–Trinajstić information content (AvgIpc) is 2.32. The molecule has 0 bridgehead atoms. The summed E-state index contributed by atoms with van der Waals surface area (Å²) in [7, 11) is -0.920. The summed E-state index contributed by atoms with van der Waals surface area (Å²) in [5.41, 5.74) is 1.47. The lowest BCUT2D eigenvalue weighted by Gasteiger charge is -2.34. The topological polar surface area (TPSA) is 35.5 Å². The van der Waals surface area contributed by atoms with Gasteiger partial charge in [0.05, 0.1) is 0 Å². The van der Waals surface area contributed by atoms with Gasteiger partial charge in [-0.3, -0.25) is 4.79 Å². The van der Waals surface area contributed by atoms with Crippen molar-refractivity contribution < 1.29 is 13.7 Å². The van der Waals surface area contributed by atoms with Gasteiger partial charge in [-0.2, -0.15) is 0 Å². The molecule has 0 spiro atoms. The van der Waals surface area contributed by atoms with Crippen LogP contribution >= 0.6 is 12.0 Å². The lowest BCUT2D eigenvalue weighted by atomic mass is 9.84. The predicted molar refractivity (Wildman–Crippen MR) is 78.1 cm³/mol. The van der Waals surface area contributed by atoms with Crippen LogP contribution in [0.15, 0.2) is 24.3 Å². The predicted octanol–water partition coefficient (Wildman–Crippen LogP) is 2.08. The third kappa shape index (κ3) is 4.54. The molecule has 1 rings (SSSR count). The fourth-order valence-electron chi connectivity index (χ4n) is 2.20. The third-order valence-electron chi connectivity index (χ3n) is 2.81. The zero-order valence-corrected chi connectivity index (χ0v) is 11.7. The Labute approximate surface area is 117 Å². The highest BCUT2D eigenvalue weighted by atomic mass is 32.2. The van der Waals surface area contributed by atoms with Crippen LogP contribution < -0.4 is 0 Å². The molecular weight excluding hydrogens is 247 g/mol. The molecule has 0 amide bonds. The van der Waals surface area contributed by atoms with E-state index in [2.05, 4.69) is 12.7 Å². The van der Waals surface area contributed by atoms with Crippen molar-refractivity contribution in [2.75, 3.05) is 5.65 Å². The molecule has 100 valence electrons. The van der Waals surface area contributed by atoms with Crippen LogP contribution in [0.5, 0.6) is 0 Å². The molecule has 3 atom stereocenters. The van der Waals surface area contributed by atoms with Gasteiger partial charge in [-0.05, 0) is 40.1 Å². The quantitative estimate of drug-likeness (QED) is 0.307. The van der Waals surface area contributed by atoms with E-state index in [4.69, 9.17) is 11.6 Å². The Kier molecular flexibility index (Phi) is 5.28. The summed E-state index contributed by atoms with van der Waals surface area (Å²) < 4.78 is 25.4. The van der Waals surface area contributed by atoms with Crippen LogP contribution in [0.25, 0.3) is 0 Å². The molecule has 0 radical (unpaired) electrons. The standard InChI is InChI=1S/C13H21BO3S/c1-4-5-11-6-9(2)7-12(17-18-8-14)13(11)16-10(3)15/h4,6,11-13H,1,5,7-8,14H2,2-3H3/t11-,12?,13+/m0/s1/i14TD. The van der Waals surface area contributed by atoms with E-state index in [-0.39, 0.29) is 29.7 Å². The summed E-state index contributed by atoms with van der Waals surface area (Å²) in [4.78, 5) is 11.3. The monoisotopic (exact) mass is 271 g/mol. The molecular formula is C13H21BO3S. The minimum absolute atomic E-state index is 0.0681. The Morgan fingerprint density at radius 2 is 2.72 bits per heavy atom. The van der Waals surface area contributed by atoms with Crippen molar-refractivity contribution in [3.8, 4) is 0 Å². The van der Waals surface area contributed by atoms with Crippen LogP contribution in [0.1, 0.15) is 26.7 Å². The van der Waals surface area contributed by atoms with Crippen molar-refractivity contribution in [3.63, 3.8) is 0 Å². The SMILES string of the molecule is [2H]B([3H])CSOC1CC(C)=C[C@H](CC=C)[C@H]1OC(C)=O. The maximum absolute atomic E-state index is 11.3. The van der Waals surface area contributed by atoms with Crippen LogP contribution in [-0.4, -0.2) is 34.3 Å². The molecule has 0 saturated heterocycles. The normalized spacial score (nSPS) is 28.8. The van der Waals surface area contributed by atoms with Gasteiger partial charge in [-0.25, -0.2) is 0 Å². The first-order chi connectivity index (χ1) is 9.43. The first kappa shape index (κ1) is 12.4. The summed E-state index contributed by atoms with van der Waals surface area (Å²) in [6.45, 7) is 7.16. The van der Waals surface area contributed by atoms with Crippen LogP contribution in [-0.2, 0) is 13.7 Å². The number of carbonyl (C=O) groups is 1. The number of allylic oxidation sites excluding steroid dienone is 1. The van der Waals surface area contributed by atoms with E-state index in [0.717, 1.165) is 18.5 Å². The summed E-state index contributed by atoms with van der Waals surface area (Å²) in [5.74, 6) is -0.256. The van der Waals surface area contributed by atoms with Gasteiger partial charge < -0.3 is 8.92 Å². The minimum Gasteiger partial charge on any atom is -0.459 e. The molecule has 0 aliphatic heterocycles. The van der Waals surface area contributed by atoms with E-state index in [1.54, 1.807) is 0 Å². The van der Waals surface area contributed by atoms with Gasteiger partial charge in [0.25, 0.3) is 0 Å². The number of hydrogen-bond donors (Lipinski definition) is 0. The molecule has 3 nitrogen and oxygen atoms in total. The highest BCUT2D eigenvalue weighted by Crippen LogP contribution is 2.32. The Morgan fingerprint density at radius 1 is 1.94 bits per heavy atom. The number of hydrogen-bond acceptors (Lipinski definition) is 4. The first-order valence-corrected chi connectivity index (χ1v) is 6.93. The maximum Gasteiger partial charge on any atom is 0.303 e. The van der Waals surface area contributed by atoms with E-state index in [1.165, 1.54) is 12.5 Å². The van der Waals surface area contributed by atoms with Gasteiger partial charge in [0.15, 0.2) is 0 Å². The molecule has 0 saturated carbocycles. The van der Waals surface area contributed by atoms with Crippen LogP contribution in [0.3, 0.4) is 0 Å². The zero-order valence-electron chi connectivity index (χ0n) is 12.9. The fraction of sp³-hybridized carbons (Fsp3) is 0.615. The van der Waals surface area contributed by atoms with Crippen molar-refractivity contribution in [3.05, 3.63) is 24.3 Å². The van der Waals surface area contributed by atoms with Crippen molar-refractivity contribution in [2.24, 2.45) is 5.92 Å². The smallest absolute Gasteiger partial charge is 0.303 e. The molecule has 1 aliphatic carbocycles. The van der Waals surface area contributed by atoms with Gasteiger partial charge in [0, 0.05) is 12.8 Å². The first-order valence-electron chi connectivity index (χ1n) is 7.17. The van der Waals surface area contributed by atoms with Crippen molar-refractivity contribution in [1.29, 1.82) is 2.67 Å². The van der Waals surface area contributed by atoms with E-state index >= 15 is 0 Å². The highest BCUT2D eigenvalue weighted by molar-refractivity contribution is 7.95. The molecule has 5 heteroatoms. The second-order valence-electron chi connectivity index (χ2n) is 4.40. The lowest BCUT2D eigenvalue weighted by Crippen LogP contribution is -2.40. The van der Waals surface area contributed by atoms with E-state index < -0.39 is 7.77 Å². The molecule has 18 heavy (non-hydrogen) atoms. The summed E-state index contributed by atoms with van der Waals surface area (Å²) >= 11 is 1.10. The van der Waals surface area contributed by atoms with E-state index in [9.17, 15) is 4.79 Å². The maximum atomic E-state index is 11.3. The Bertz CT molecular complexity index is 377. The molecule has 1 unspecified atom stereocenters. The van der Waals surface area contributed by atoms with Gasteiger partial charge in [0.2, 0.25) is 0 Å². The summed E-state index contributed by atoms with van der Waals surface area (Å²) in [6.07, 6.45) is 4.76. The number of rotatable bonds is 7. The molecule has 0 aromatic carbocycles. The molecule has 0 aromatic heterocycles. The fourth-order valence-corrected chi connectivity index (χ4v) is 2.63. The highest BCUT2D eigenvalue weighted by Gasteiger charge is 2.35. The van der Waals surface area contributed by atoms with Gasteiger partial charge in [-0.1, -0.05) is 17.7 Å². The summed E-state index contributed by atoms with van der Waals surface area (Å²) in [6, 6.07) is 0. The largest absolute Gasteiger partial charge is 0.459 e. The van der Waals surface area contributed by atoms with Crippen LogP contribution in [0.4, 0.5) is 0 Å². The second-order valence-corrected chi connectivity index (χ2v) is 5.16. The Morgan fingerprint density at radius 3 is 3.33 bits per heavy atom. The number of carbonyl (C=O) groups excluding carboxylic acids is 1. The van der Waals surface area contributed by atoms with E-state index in [0.29, 0.717) is 6.42 Å². The van der Waals surface area contributed by atoms with Gasteiger partial charge in [-0.15, -0.1) is 6.58 Å². The minimum atomic E-state index is -0.920. The van der Waals surface area contributed by atoms with E-state index in [1.807, 2.05) is 13.0 Å².